The zero-order valence-electron chi connectivity index (χ0n) is 12.6. The Balaban J connectivity index is 2.08. The van der Waals surface area contributed by atoms with Crippen LogP contribution in [0.5, 0.6) is 0 Å². The first kappa shape index (κ1) is 15.3. The van der Waals surface area contributed by atoms with E-state index in [1.165, 1.54) is 0 Å². The molecule has 21 heavy (non-hydrogen) atoms. The van der Waals surface area contributed by atoms with E-state index in [2.05, 4.69) is 17.3 Å². The van der Waals surface area contributed by atoms with Crippen molar-refractivity contribution in [1.82, 2.24) is 15.1 Å². The van der Waals surface area contributed by atoms with Gasteiger partial charge in [0.15, 0.2) is 0 Å². The zero-order chi connectivity index (χ0) is 15.2. The number of benzene rings is 1. The molecule has 5 nitrogen and oxygen atoms in total. The van der Waals surface area contributed by atoms with Gasteiger partial charge in [-0.15, -0.1) is 0 Å². The lowest BCUT2D eigenvalue weighted by molar-refractivity contribution is 0.0950. The number of hydrogen-bond donors (Lipinski definition) is 2. The highest BCUT2D eigenvalue weighted by Crippen LogP contribution is 2.11. The molecule has 0 radical (unpaired) electrons. The van der Waals surface area contributed by atoms with E-state index >= 15 is 0 Å². The Morgan fingerprint density at radius 3 is 2.81 bits per heavy atom. The molecule has 0 bridgehead atoms. The quantitative estimate of drug-likeness (QED) is 0.843. The van der Waals surface area contributed by atoms with Gasteiger partial charge >= 0.3 is 0 Å². The van der Waals surface area contributed by atoms with E-state index in [0.29, 0.717) is 25.1 Å². The summed E-state index contributed by atoms with van der Waals surface area (Å²) in [5.41, 5.74) is 9.36. The third-order valence-corrected chi connectivity index (χ3v) is 3.44. The maximum atomic E-state index is 12.3. The number of nitrogens with one attached hydrogen (secondary N) is 1. The number of nitrogens with zero attached hydrogens (tertiary/aromatic N) is 2. The van der Waals surface area contributed by atoms with Crippen LogP contribution < -0.4 is 11.1 Å². The minimum atomic E-state index is -0.0649. The Hall–Kier alpha value is -2.14. The third-order valence-electron chi connectivity index (χ3n) is 3.44. The number of carbonyl (C=O) groups excluding carboxylic acids is 1. The molecule has 5 heteroatoms. The molecule has 0 aliphatic rings. The van der Waals surface area contributed by atoms with Crippen molar-refractivity contribution in [1.29, 1.82) is 0 Å². The molecule has 0 fully saturated rings. The maximum Gasteiger partial charge on any atom is 0.251 e. The molecule has 1 amide bonds. The van der Waals surface area contributed by atoms with Crippen LogP contribution in [0.4, 0.5) is 0 Å². The van der Waals surface area contributed by atoms with Crippen LogP contribution in [-0.4, -0.2) is 22.2 Å². The SMILES string of the molecule is CCc1nn(C)cc1CNC(=O)c1ccccc1CCN. The van der Waals surface area contributed by atoms with Gasteiger partial charge in [0, 0.05) is 30.9 Å². The van der Waals surface area contributed by atoms with Crippen LogP contribution in [0.3, 0.4) is 0 Å². The highest BCUT2D eigenvalue weighted by atomic mass is 16.1. The second-order valence-electron chi connectivity index (χ2n) is 5.01. The van der Waals surface area contributed by atoms with Gasteiger partial charge in [-0.05, 0) is 31.0 Å². The van der Waals surface area contributed by atoms with Crippen LogP contribution in [0.15, 0.2) is 30.5 Å². The van der Waals surface area contributed by atoms with Crippen molar-refractivity contribution in [2.75, 3.05) is 6.54 Å². The van der Waals surface area contributed by atoms with Crippen LogP contribution in [-0.2, 0) is 26.4 Å². The molecule has 2 rings (SSSR count). The van der Waals surface area contributed by atoms with Crippen LogP contribution in [0.25, 0.3) is 0 Å². The number of rotatable bonds is 6. The van der Waals surface area contributed by atoms with Crippen molar-refractivity contribution in [3.05, 3.63) is 52.8 Å². The molecule has 3 N–H and O–H groups in total. The summed E-state index contributed by atoms with van der Waals surface area (Å²) in [6, 6.07) is 7.59. The molecule has 0 atom stereocenters. The minimum absolute atomic E-state index is 0.0649. The lowest BCUT2D eigenvalue weighted by Crippen LogP contribution is -2.24. The predicted molar refractivity (Wildman–Crippen MR) is 83.0 cm³/mol. The molecule has 112 valence electrons. The Kier molecular flexibility index (Phi) is 5.11. The summed E-state index contributed by atoms with van der Waals surface area (Å²) in [4.78, 5) is 12.3. The van der Waals surface area contributed by atoms with Crippen LogP contribution in [0.2, 0.25) is 0 Å². The maximum absolute atomic E-state index is 12.3. The van der Waals surface area contributed by atoms with Crippen molar-refractivity contribution in [3.8, 4) is 0 Å². The third kappa shape index (κ3) is 3.70. The summed E-state index contributed by atoms with van der Waals surface area (Å²) in [7, 11) is 1.89. The van der Waals surface area contributed by atoms with E-state index in [-0.39, 0.29) is 5.91 Å². The van der Waals surface area contributed by atoms with E-state index in [9.17, 15) is 4.79 Å². The molecule has 0 spiro atoms. The predicted octanol–water partition coefficient (Wildman–Crippen LogP) is 1.41. The second kappa shape index (κ2) is 7.04. The van der Waals surface area contributed by atoms with Crippen molar-refractivity contribution in [2.45, 2.75) is 26.3 Å². The van der Waals surface area contributed by atoms with Gasteiger partial charge in [0.1, 0.15) is 0 Å². The smallest absolute Gasteiger partial charge is 0.251 e. The highest BCUT2D eigenvalue weighted by Gasteiger charge is 2.12. The monoisotopic (exact) mass is 286 g/mol. The van der Waals surface area contributed by atoms with Crippen molar-refractivity contribution in [3.63, 3.8) is 0 Å². The lowest BCUT2D eigenvalue weighted by atomic mass is 10.0. The average Bonchev–Trinajstić information content (AvgIpc) is 2.86. The number of amides is 1. The van der Waals surface area contributed by atoms with Gasteiger partial charge in [0.05, 0.1) is 5.69 Å². The Morgan fingerprint density at radius 1 is 1.33 bits per heavy atom. The van der Waals surface area contributed by atoms with Gasteiger partial charge < -0.3 is 11.1 Å². The zero-order valence-corrected chi connectivity index (χ0v) is 12.6. The molecule has 1 heterocycles. The number of nitrogens with two attached hydrogens (primary N) is 1. The van der Waals surface area contributed by atoms with Crippen LogP contribution in [0, 0.1) is 0 Å². The molecule has 2 aromatic rings. The molecule has 0 aliphatic heterocycles. The fourth-order valence-electron chi connectivity index (χ4n) is 2.42. The Labute approximate surface area is 125 Å². The topological polar surface area (TPSA) is 72.9 Å². The van der Waals surface area contributed by atoms with E-state index < -0.39 is 0 Å². The first-order valence-electron chi connectivity index (χ1n) is 7.23. The van der Waals surface area contributed by atoms with Gasteiger partial charge in [-0.1, -0.05) is 25.1 Å². The summed E-state index contributed by atoms with van der Waals surface area (Å²) in [5, 5.41) is 7.34. The standard InChI is InChI=1S/C16H22N4O/c1-3-15-13(11-20(2)19-15)10-18-16(21)14-7-5-4-6-12(14)8-9-17/h4-7,11H,3,8-10,17H2,1-2H3,(H,18,21). The molecule has 0 aliphatic carbocycles. The average molecular weight is 286 g/mol. The van der Waals surface area contributed by atoms with Crippen molar-refractivity contribution in [2.24, 2.45) is 12.8 Å². The molecule has 0 saturated carbocycles. The molecular weight excluding hydrogens is 264 g/mol. The molecule has 1 aromatic carbocycles. The number of carbonyl (C=O) groups is 1. The number of aromatic nitrogens is 2. The lowest BCUT2D eigenvalue weighted by Gasteiger charge is -2.09. The second-order valence-corrected chi connectivity index (χ2v) is 5.01. The van der Waals surface area contributed by atoms with E-state index in [4.69, 9.17) is 5.73 Å². The van der Waals surface area contributed by atoms with Crippen molar-refractivity contribution < 1.29 is 4.79 Å². The van der Waals surface area contributed by atoms with Gasteiger partial charge in [0.2, 0.25) is 0 Å². The minimum Gasteiger partial charge on any atom is -0.348 e. The van der Waals surface area contributed by atoms with E-state index in [1.54, 1.807) is 4.68 Å². The van der Waals surface area contributed by atoms with Crippen LogP contribution in [0.1, 0.15) is 34.1 Å². The highest BCUT2D eigenvalue weighted by molar-refractivity contribution is 5.95. The van der Waals surface area contributed by atoms with Gasteiger partial charge in [-0.3, -0.25) is 9.48 Å². The molecule has 0 unspecified atom stereocenters. The first-order chi connectivity index (χ1) is 10.2. The molecule has 0 saturated heterocycles. The summed E-state index contributed by atoms with van der Waals surface area (Å²) in [5.74, 6) is -0.0649. The normalized spacial score (nSPS) is 10.6. The summed E-state index contributed by atoms with van der Waals surface area (Å²) in [6.45, 7) is 3.09. The summed E-state index contributed by atoms with van der Waals surface area (Å²) < 4.78 is 1.78. The molecule has 1 aromatic heterocycles. The molecular formula is C16H22N4O. The summed E-state index contributed by atoms with van der Waals surface area (Å²) in [6.07, 6.45) is 3.51. The van der Waals surface area contributed by atoms with Gasteiger partial charge in [-0.25, -0.2) is 0 Å². The van der Waals surface area contributed by atoms with Gasteiger partial charge in [-0.2, -0.15) is 5.10 Å². The Morgan fingerprint density at radius 2 is 2.10 bits per heavy atom. The van der Waals surface area contributed by atoms with Crippen LogP contribution >= 0.6 is 0 Å². The largest absolute Gasteiger partial charge is 0.348 e. The van der Waals surface area contributed by atoms with Crippen molar-refractivity contribution >= 4 is 5.91 Å². The Bertz CT molecular complexity index is 618. The fourth-order valence-corrected chi connectivity index (χ4v) is 2.42. The number of hydrogen-bond acceptors (Lipinski definition) is 3. The van der Waals surface area contributed by atoms with Gasteiger partial charge in [0.25, 0.3) is 5.91 Å². The fraction of sp³-hybridized carbons (Fsp3) is 0.375. The van der Waals surface area contributed by atoms with E-state index in [0.717, 1.165) is 23.2 Å². The van der Waals surface area contributed by atoms with E-state index in [1.807, 2.05) is 37.5 Å². The first-order valence-corrected chi connectivity index (χ1v) is 7.23. The summed E-state index contributed by atoms with van der Waals surface area (Å²) >= 11 is 0. The number of aryl methyl sites for hydroxylation is 2.